The highest BCUT2D eigenvalue weighted by atomic mass is 16.5. The molecule has 5 rings (SSSR count). The Kier molecular flexibility index (Phi) is 4.91. The molecule has 7 heteroatoms. The van der Waals surface area contributed by atoms with Gasteiger partial charge >= 0.3 is 5.97 Å². The van der Waals surface area contributed by atoms with Gasteiger partial charge < -0.3 is 24.3 Å². The number of rotatable bonds is 5. The number of aliphatic hydroxyl groups is 1. The average Bonchev–Trinajstić information content (AvgIpc) is 3.39. The first-order valence-corrected chi connectivity index (χ1v) is 10.4. The van der Waals surface area contributed by atoms with Gasteiger partial charge in [0.05, 0.1) is 32.1 Å². The number of phenolic OH excluding ortho intramolecular Hbond substituents is 1. The molecule has 1 aliphatic rings. The number of anilines is 1. The molecule has 1 atom stereocenters. The predicted molar refractivity (Wildman–Crippen MR) is 121 cm³/mol. The number of ether oxygens (including phenoxy) is 1. The predicted octanol–water partition coefficient (Wildman–Crippen LogP) is 3.75. The van der Waals surface area contributed by atoms with Crippen molar-refractivity contribution in [3.05, 3.63) is 95.2 Å². The van der Waals surface area contributed by atoms with Gasteiger partial charge in [0.1, 0.15) is 16.7 Å². The number of methoxy groups -OCH3 is 1. The summed E-state index contributed by atoms with van der Waals surface area (Å²) in [4.78, 5) is 27.5. The molecule has 1 aromatic heterocycles. The number of phenols is 1. The number of carbonyl (C=O) groups excluding carboxylic acids is 2. The smallest absolute Gasteiger partial charge is 0.337 e. The molecular formula is C26H21NO6. The Morgan fingerprint density at radius 3 is 2.67 bits per heavy atom. The average molecular weight is 443 g/mol. The summed E-state index contributed by atoms with van der Waals surface area (Å²) in [5.41, 5.74) is 1.65. The Balaban J connectivity index is 1.64. The van der Waals surface area contributed by atoms with Gasteiger partial charge in [-0.25, -0.2) is 4.79 Å². The van der Waals surface area contributed by atoms with Crippen molar-refractivity contribution in [3.63, 3.8) is 0 Å². The number of benzene rings is 3. The molecule has 0 aliphatic carbocycles. The molecule has 166 valence electrons. The SMILES string of the molecule is COC(=O)c1cccc(CN2C(=O)C(CO)(c3cc4ccoc4cc3O)c3ccccc32)c1. The zero-order chi connectivity index (χ0) is 23.2. The second-order valence-electron chi connectivity index (χ2n) is 7.99. The second kappa shape index (κ2) is 7.79. The van der Waals surface area contributed by atoms with Gasteiger partial charge in [-0.2, -0.15) is 0 Å². The molecule has 0 spiro atoms. The van der Waals surface area contributed by atoms with E-state index < -0.39 is 18.0 Å². The third-order valence-corrected chi connectivity index (χ3v) is 6.22. The zero-order valence-corrected chi connectivity index (χ0v) is 17.8. The number of fused-ring (bicyclic) bond motifs is 2. The highest BCUT2D eigenvalue weighted by Crippen LogP contribution is 2.49. The van der Waals surface area contributed by atoms with Crippen molar-refractivity contribution < 1.29 is 29.0 Å². The third-order valence-electron chi connectivity index (χ3n) is 6.22. The van der Waals surface area contributed by atoms with Crippen molar-refractivity contribution in [2.45, 2.75) is 12.0 Å². The highest BCUT2D eigenvalue weighted by molar-refractivity contribution is 6.11. The van der Waals surface area contributed by atoms with Crippen LogP contribution in [-0.4, -0.2) is 35.8 Å². The lowest BCUT2D eigenvalue weighted by Crippen LogP contribution is -2.43. The van der Waals surface area contributed by atoms with E-state index in [1.807, 2.05) is 18.2 Å². The molecule has 4 aromatic rings. The first-order valence-electron chi connectivity index (χ1n) is 10.4. The molecule has 2 N–H and O–H groups in total. The van der Waals surface area contributed by atoms with Crippen LogP contribution >= 0.6 is 0 Å². The molecule has 1 aliphatic heterocycles. The van der Waals surface area contributed by atoms with E-state index in [4.69, 9.17) is 9.15 Å². The number of esters is 1. The molecule has 0 fully saturated rings. The molecule has 2 heterocycles. The van der Waals surface area contributed by atoms with Crippen molar-refractivity contribution in [2.24, 2.45) is 0 Å². The number of hydrogen-bond donors (Lipinski definition) is 2. The van der Waals surface area contributed by atoms with Gasteiger partial charge in [0, 0.05) is 22.7 Å². The summed E-state index contributed by atoms with van der Waals surface area (Å²) >= 11 is 0. The van der Waals surface area contributed by atoms with Crippen LogP contribution in [0.1, 0.15) is 27.0 Å². The minimum Gasteiger partial charge on any atom is -0.507 e. The fraction of sp³-hybridized carbons (Fsp3) is 0.154. The summed E-state index contributed by atoms with van der Waals surface area (Å²) in [6.07, 6.45) is 1.50. The van der Waals surface area contributed by atoms with E-state index in [2.05, 4.69) is 0 Å². The fourth-order valence-electron chi connectivity index (χ4n) is 4.62. The van der Waals surface area contributed by atoms with Crippen LogP contribution in [0.2, 0.25) is 0 Å². The van der Waals surface area contributed by atoms with Crippen LogP contribution in [0, 0.1) is 0 Å². The van der Waals surface area contributed by atoms with Gasteiger partial charge in [-0.1, -0.05) is 30.3 Å². The van der Waals surface area contributed by atoms with Crippen LogP contribution in [-0.2, 0) is 21.5 Å². The Morgan fingerprint density at radius 1 is 1.06 bits per heavy atom. The number of furan rings is 1. The summed E-state index contributed by atoms with van der Waals surface area (Å²) < 4.78 is 10.2. The summed E-state index contributed by atoms with van der Waals surface area (Å²) in [7, 11) is 1.31. The maximum Gasteiger partial charge on any atom is 0.337 e. The minimum absolute atomic E-state index is 0.135. The first kappa shape index (κ1) is 20.8. The molecule has 0 saturated heterocycles. The van der Waals surface area contributed by atoms with Crippen molar-refractivity contribution in [2.75, 3.05) is 18.6 Å². The van der Waals surface area contributed by atoms with Crippen molar-refractivity contribution in [1.82, 2.24) is 0 Å². The summed E-state index contributed by atoms with van der Waals surface area (Å²) in [6.45, 7) is -0.352. The summed E-state index contributed by atoms with van der Waals surface area (Å²) in [6, 6.07) is 19.0. The van der Waals surface area contributed by atoms with Crippen LogP contribution in [0.5, 0.6) is 5.75 Å². The standard InChI is InChI=1S/C26H21NO6/c1-32-24(30)18-6-4-5-16(11-18)14-27-21-8-3-2-7-19(21)26(15-28,25(27)31)20-12-17-9-10-33-23(17)13-22(20)29/h2-13,28-29H,14-15H2,1H3. The molecule has 0 radical (unpaired) electrons. The molecule has 33 heavy (non-hydrogen) atoms. The zero-order valence-electron chi connectivity index (χ0n) is 17.8. The Bertz CT molecular complexity index is 1390. The maximum absolute atomic E-state index is 14.0. The summed E-state index contributed by atoms with van der Waals surface area (Å²) in [5.74, 6) is -0.968. The topological polar surface area (TPSA) is 100 Å². The van der Waals surface area contributed by atoms with Crippen LogP contribution in [0.15, 0.2) is 77.4 Å². The molecule has 1 unspecified atom stereocenters. The van der Waals surface area contributed by atoms with E-state index in [1.54, 1.807) is 47.4 Å². The number of para-hydroxylation sites is 1. The number of hydrogen-bond acceptors (Lipinski definition) is 6. The van der Waals surface area contributed by atoms with E-state index in [-0.39, 0.29) is 18.2 Å². The minimum atomic E-state index is -1.48. The molecule has 0 bridgehead atoms. The molecule has 1 amide bonds. The van der Waals surface area contributed by atoms with E-state index in [1.165, 1.54) is 19.4 Å². The Labute approximate surface area is 189 Å². The van der Waals surface area contributed by atoms with Crippen molar-refractivity contribution >= 4 is 28.5 Å². The van der Waals surface area contributed by atoms with Gasteiger partial charge in [-0.15, -0.1) is 0 Å². The lowest BCUT2D eigenvalue weighted by atomic mass is 9.75. The second-order valence-corrected chi connectivity index (χ2v) is 7.99. The number of carbonyl (C=O) groups is 2. The van der Waals surface area contributed by atoms with Gasteiger partial charge in [-0.3, -0.25) is 4.79 Å². The highest BCUT2D eigenvalue weighted by Gasteiger charge is 2.53. The van der Waals surface area contributed by atoms with Crippen molar-refractivity contribution in [3.8, 4) is 5.75 Å². The number of aromatic hydroxyl groups is 1. The molecule has 0 saturated carbocycles. The third kappa shape index (κ3) is 3.08. The Morgan fingerprint density at radius 2 is 1.88 bits per heavy atom. The lowest BCUT2D eigenvalue weighted by Gasteiger charge is -2.28. The molecular weight excluding hydrogens is 422 g/mol. The van der Waals surface area contributed by atoms with Gasteiger partial charge in [0.25, 0.3) is 0 Å². The lowest BCUT2D eigenvalue weighted by molar-refractivity contribution is -0.123. The van der Waals surface area contributed by atoms with Crippen LogP contribution in [0.25, 0.3) is 11.0 Å². The summed E-state index contributed by atoms with van der Waals surface area (Å²) in [5, 5.41) is 22.2. The van der Waals surface area contributed by atoms with Gasteiger partial charge in [-0.05, 0) is 41.5 Å². The Hall–Kier alpha value is -4.10. The largest absolute Gasteiger partial charge is 0.507 e. The van der Waals surface area contributed by atoms with E-state index in [0.29, 0.717) is 33.3 Å². The number of amides is 1. The number of aliphatic hydroxyl groups excluding tert-OH is 1. The monoisotopic (exact) mass is 443 g/mol. The molecule has 3 aromatic carbocycles. The normalized spacial score (nSPS) is 17.4. The van der Waals surface area contributed by atoms with E-state index in [0.717, 1.165) is 5.56 Å². The van der Waals surface area contributed by atoms with Crippen LogP contribution in [0.3, 0.4) is 0 Å². The van der Waals surface area contributed by atoms with E-state index >= 15 is 0 Å². The van der Waals surface area contributed by atoms with Crippen LogP contribution < -0.4 is 4.90 Å². The van der Waals surface area contributed by atoms with Gasteiger partial charge in [0.15, 0.2) is 0 Å². The first-order chi connectivity index (χ1) is 16.0. The van der Waals surface area contributed by atoms with E-state index in [9.17, 15) is 19.8 Å². The fourth-order valence-corrected chi connectivity index (χ4v) is 4.62. The quantitative estimate of drug-likeness (QED) is 0.456. The van der Waals surface area contributed by atoms with Crippen LogP contribution in [0.4, 0.5) is 5.69 Å². The number of nitrogens with zero attached hydrogens (tertiary/aromatic N) is 1. The van der Waals surface area contributed by atoms with Crippen molar-refractivity contribution in [1.29, 1.82) is 0 Å². The maximum atomic E-state index is 14.0. The molecule has 7 nitrogen and oxygen atoms in total. The van der Waals surface area contributed by atoms with Gasteiger partial charge in [0.2, 0.25) is 5.91 Å².